The molecule has 2 fully saturated rings. The normalized spacial score (nSPS) is 30.2. The van der Waals surface area contributed by atoms with E-state index in [1.54, 1.807) is 19.2 Å². The Labute approximate surface area is 137 Å². The van der Waals surface area contributed by atoms with E-state index in [2.05, 4.69) is 11.8 Å². The fourth-order valence-corrected chi connectivity index (χ4v) is 4.14. The van der Waals surface area contributed by atoms with Gasteiger partial charge in [-0.3, -0.25) is 4.90 Å². The van der Waals surface area contributed by atoms with Crippen LogP contribution in [-0.2, 0) is 4.74 Å². The van der Waals surface area contributed by atoms with Crippen LogP contribution in [0.3, 0.4) is 0 Å². The molecule has 1 aromatic rings. The number of hydrogen-bond acceptors (Lipinski definition) is 4. The predicted molar refractivity (Wildman–Crippen MR) is 86.0 cm³/mol. The summed E-state index contributed by atoms with van der Waals surface area (Å²) in [6.45, 7) is 5.44. The lowest BCUT2D eigenvalue weighted by atomic mass is 9.51. The van der Waals surface area contributed by atoms with E-state index in [1.165, 1.54) is 12.1 Å². The highest BCUT2D eigenvalue weighted by Gasteiger charge is 2.63. The molecule has 1 saturated carbocycles. The van der Waals surface area contributed by atoms with Crippen LogP contribution >= 0.6 is 0 Å². The second-order valence-electron chi connectivity index (χ2n) is 6.96. The number of aliphatic hydroxyl groups is 1. The molecule has 1 aromatic carbocycles. The summed E-state index contributed by atoms with van der Waals surface area (Å²) in [4.78, 5) is 2.36. The maximum absolute atomic E-state index is 12.8. The lowest BCUT2D eigenvalue weighted by Gasteiger charge is -2.62. The van der Waals surface area contributed by atoms with Gasteiger partial charge < -0.3 is 14.6 Å². The quantitative estimate of drug-likeness (QED) is 0.904. The van der Waals surface area contributed by atoms with Gasteiger partial charge in [0.15, 0.2) is 0 Å². The van der Waals surface area contributed by atoms with Crippen LogP contribution < -0.4 is 4.74 Å². The molecule has 1 heterocycles. The van der Waals surface area contributed by atoms with Crippen LogP contribution in [0.1, 0.15) is 26.2 Å². The second-order valence-corrected chi connectivity index (χ2v) is 6.96. The number of benzene rings is 1. The lowest BCUT2D eigenvalue weighted by molar-refractivity contribution is -0.261. The van der Waals surface area contributed by atoms with Gasteiger partial charge in [0.1, 0.15) is 18.2 Å². The van der Waals surface area contributed by atoms with Gasteiger partial charge in [0.25, 0.3) is 0 Å². The van der Waals surface area contributed by atoms with Crippen molar-refractivity contribution in [3.63, 3.8) is 0 Å². The average Bonchev–Trinajstić information content (AvgIpc) is 2.57. The van der Waals surface area contributed by atoms with Gasteiger partial charge in [-0.25, -0.2) is 4.39 Å². The number of piperidine rings is 1. The molecule has 1 aliphatic heterocycles. The third-order valence-corrected chi connectivity index (χ3v) is 5.96. The Hall–Kier alpha value is -1.17. The van der Waals surface area contributed by atoms with Crippen molar-refractivity contribution < 1.29 is 19.0 Å². The molecule has 0 aromatic heterocycles. The minimum atomic E-state index is -0.251. The number of halogens is 1. The number of hydrogen-bond donors (Lipinski definition) is 1. The van der Waals surface area contributed by atoms with E-state index < -0.39 is 0 Å². The first kappa shape index (κ1) is 16.7. The Morgan fingerprint density at radius 3 is 2.48 bits per heavy atom. The number of aliphatic hydroxyl groups excluding tert-OH is 1. The summed E-state index contributed by atoms with van der Waals surface area (Å²) >= 11 is 0. The molecule has 0 amide bonds. The van der Waals surface area contributed by atoms with Crippen molar-refractivity contribution in [1.82, 2.24) is 4.90 Å². The Bertz CT molecular complexity index is 528. The molecule has 1 aliphatic carbocycles. The van der Waals surface area contributed by atoms with Crippen LogP contribution in [0.2, 0.25) is 0 Å². The molecule has 0 unspecified atom stereocenters. The third-order valence-electron chi connectivity index (χ3n) is 5.96. The van der Waals surface area contributed by atoms with Crippen LogP contribution in [0.4, 0.5) is 4.39 Å². The van der Waals surface area contributed by atoms with Crippen molar-refractivity contribution >= 4 is 0 Å². The summed E-state index contributed by atoms with van der Waals surface area (Å²) in [6.07, 6.45) is 2.39. The lowest BCUT2D eigenvalue weighted by Crippen LogP contribution is -2.69. The first-order chi connectivity index (χ1) is 11.0. The minimum Gasteiger partial charge on any atom is -0.492 e. The monoisotopic (exact) mass is 323 g/mol. The molecular formula is C18H26FNO3. The molecule has 1 saturated heterocycles. The van der Waals surface area contributed by atoms with E-state index in [1.807, 2.05) is 0 Å². The SMILES string of the molecule is CO[C@@]1(C)C[C@@H](O)C12CCN(CCOc1ccc(F)cc1)CC2. The molecule has 23 heavy (non-hydrogen) atoms. The first-order valence-electron chi connectivity index (χ1n) is 8.33. The van der Waals surface area contributed by atoms with Gasteiger partial charge in [-0.05, 0) is 57.1 Å². The van der Waals surface area contributed by atoms with Crippen molar-refractivity contribution in [2.45, 2.75) is 37.9 Å². The van der Waals surface area contributed by atoms with E-state index in [0.29, 0.717) is 12.4 Å². The van der Waals surface area contributed by atoms with Gasteiger partial charge in [-0.2, -0.15) is 0 Å². The zero-order chi connectivity index (χ0) is 16.5. The van der Waals surface area contributed by atoms with Crippen molar-refractivity contribution in [3.05, 3.63) is 30.1 Å². The summed E-state index contributed by atoms with van der Waals surface area (Å²) < 4.78 is 24.2. The molecule has 1 N–H and O–H groups in total. The summed E-state index contributed by atoms with van der Waals surface area (Å²) in [7, 11) is 1.75. The summed E-state index contributed by atoms with van der Waals surface area (Å²) in [5.74, 6) is 0.445. The van der Waals surface area contributed by atoms with E-state index in [4.69, 9.17) is 9.47 Å². The molecular weight excluding hydrogens is 297 g/mol. The Kier molecular flexibility index (Phi) is 4.63. The molecule has 0 radical (unpaired) electrons. The molecule has 1 spiro atoms. The van der Waals surface area contributed by atoms with E-state index in [9.17, 15) is 9.50 Å². The number of rotatable bonds is 5. The number of nitrogens with zero attached hydrogens (tertiary/aromatic N) is 1. The standard InChI is InChI=1S/C18H26FNO3/c1-17(22-2)13-16(21)18(17)7-9-20(10-8-18)11-12-23-15-5-3-14(19)4-6-15/h3-6,16,21H,7-13H2,1-2H3/t16-,17+/m1/s1. The Morgan fingerprint density at radius 1 is 1.26 bits per heavy atom. The molecule has 2 aliphatic rings. The van der Waals surface area contributed by atoms with Gasteiger partial charge in [0, 0.05) is 25.5 Å². The van der Waals surface area contributed by atoms with E-state index in [-0.39, 0.29) is 22.9 Å². The van der Waals surface area contributed by atoms with Crippen molar-refractivity contribution in [1.29, 1.82) is 0 Å². The third kappa shape index (κ3) is 2.97. The van der Waals surface area contributed by atoms with Crippen LogP contribution in [-0.4, -0.2) is 55.1 Å². The van der Waals surface area contributed by atoms with Gasteiger partial charge >= 0.3 is 0 Å². The zero-order valence-corrected chi connectivity index (χ0v) is 13.9. The zero-order valence-electron chi connectivity index (χ0n) is 13.9. The molecule has 128 valence electrons. The van der Waals surface area contributed by atoms with Gasteiger partial charge in [-0.1, -0.05) is 0 Å². The van der Waals surface area contributed by atoms with Crippen molar-refractivity contribution in [3.8, 4) is 5.75 Å². The topological polar surface area (TPSA) is 41.9 Å². The molecule has 4 nitrogen and oxygen atoms in total. The summed E-state index contributed by atoms with van der Waals surface area (Å²) in [5, 5.41) is 10.3. The van der Waals surface area contributed by atoms with Gasteiger partial charge in [-0.15, -0.1) is 0 Å². The maximum atomic E-state index is 12.8. The van der Waals surface area contributed by atoms with E-state index in [0.717, 1.165) is 38.9 Å². The fourth-order valence-electron chi connectivity index (χ4n) is 4.14. The number of likely N-dealkylation sites (tertiary alicyclic amines) is 1. The Morgan fingerprint density at radius 2 is 1.91 bits per heavy atom. The van der Waals surface area contributed by atoms with Crippen LogP contribution in [0.15, 0.2) is 24.3 Å². The van der Waals surface area contributed by atoms with Gasteiger partial charge in [0.2, 0.25) is 0 Å². The number of methoxy groups -OCH3 is 1. The smallest absolute Gasteiger partial charge is 0.123 e. The predicted octanol–water partition coefficient (Wildman–Crippen LogP) is 2.46. The highest BCUT2D eigenvalue weighted by atomic mass is 19.1. The highest BCUT2D eigenvalue weighted by Crippen LogP contribution is 2.57. The Balaban J connectivity index is 1.45. The first-order valence-corrected chi connectivity index (χ1v) is 8.33. The molecule has 3 rings (SSSR count). The molecule has 2 atom stereocenters. The molecule has 5 heteroatoms. The van der Waals surface area contributed by atoms with Crippen LogP contribution in [0.5, 0.6) is 5.75 Å². The minimum absolute atomic E-state index is 0.0872. The summed E-state index contributed by atoms with van der Waals surface area (Å²) in [5.41, 5.74) is -0.279. The van der Waals surface area contributed by atoms with Crippen LogP contribution in [0, 0.1) is 11.2 Å². The van der Waals surface area contributed by atoms with E-state index >= 15 is 0 Å². The van der Waals surface area contributed by atoms with Crippen molar-refractivity contribution in [2.75, 3.05) is 33.4 Å². The highest BCUT2D eigenvalue weighted by molar-refractivity contribution is 5.22. The van der Waals surface area contributed by atoms with Crippen LogP contribution in [0.25, 0.3) is 0 Å². The van der Waals surface area contributed by atoms with Gasteiger partial charge in [0.05, 0.1) is 11.7 Å². The van der Waals surface area contributed by atoms with Crippen molar-refractivity contribution in [2.24, 2.45) is 5.41 Å². The number of ether oxygens (including phenoxy) is 2. The summed E-state index contributed by atoms with van der Waals surface area (Å²) in [6, 6.07) is 6.11. The largest absolute Gasteiger partial charge is 0.492 e. The maximum Gasteiger partial charge on any atom is 0.123 e. The average molecular weight is 323 g/mol. The fraction of sp³-hybridized carbons (Fsp3) is 0.667. The molecule has 0 bridgehead atoms. The second kappa shape index (κ2) is 6.38.